The molecule has 5 heteroatoms. The van der Waals surface area contributed by atoms with Crippen LogP contribution in [-0.2, 0) is 4.74 Å². The molecule has 0 aliphatic carbocycles. The van der Waals surface area contributed by atoms with Crippen molar-refractivity contribution in [3.63, 3.8) is 0 Å². The largest absolute Gasteiger partial charge is 0.495 e. The highest BCUT2D eigenvalue weighted by Crippen LogP contribution is 2.30. The molecule has 0 saturated carbocycles. The number of halogens is 3. The Kier molecular flexibility index (Phi) is 3.38. The third-order valence-corrected chi connectivity index (χ3v) is 2.55. The van der Waals surface area contributed by atoms with Gasteiger partial charge in [0.1, 0.15) is 29.3 Å². The molecule has 1 aliphatic rings. The Hall–Kier alpha value is -1.49. The van der Waals surface area contributed by atoms with Crippen molar-refractivity contribution in [2.45, 2.75) is 18.9 Å². The van der Waals surface area contributed by atoms with Crippen molar-refractivity contribution in [3.8, 4) is 0 Å². The third-order valence-electron chi connectivity index (χ3n) is 2.55. The summed E-state index contributed by atoms with van der Waals surface area (Å²) >= 11 is 0. The predicted octanol–water partition coefficient (Wildman–Crippen LogP) is 2.83. The van der Waals surface area contributed by atoms with Crippen molar-refractivity contribution < 1.29 is 23.0 Å². The molecule has 1 aromatic carbocycles. The number of aliphatic hydroxyl groups excluding tert-OH is 1. The third kappa shape index (κ3) is 2.44. The number of aliphatic hydroxyl groups is 1. The van der Waals surface area contributed by atoms with E-state index in [0.29, 0.717) is 25.2 Å². The van der Waals surface area contributed by atoms with Crippen LogP contribution in [0.1, 0.15) is 24.5 Å². The minimum absolute atomic E-state index is 0.112. The topological polar surface area (TPSA) is 29.5 Å². The molecule has 0 amide bonds. The van der Waals surface area contributed by atoms with Gasteiger partial charge >= 0.3 is 0 Å². The Morgan fingerprint density at radius 3 is 2.35 bits per heavy atom. The molecule has 92 valence electrons. The number of rotatable bonds is 2. The average Bonchev–Trinajstić information content (AvgIpc) is 2.28. The molecule has 1 N–H and O–H groups in total. The monoisotopic (exact) mass is 244 g/mol. The Morgan fingerprint density at radius 2 is 1.82 bits per heavy atom. The first-order valence-corrected chi connectivity index (χ1v) is 5.25. The second kappa shape index (κ2) is 4.79. The second-order valence-electron chi connectivity index (χ2n) is 3.78. The Bertz CT molecular complexity index is 434. The number of allylic oxidation sites excluding steroid dienone is 1. The quantitative estimate of drug-likeness (QED) is 0.866. The molecule has 0 saturated heterocycles. The lowest BCUT2D eigenvalue weighted by Gasteiger charge is -2.20. The lowest BCUT2D eigenvalue weighted by Crippen LogP contribution is -2.13. The zero-order chi connectivity index (χ0) is 12.4. The van der Waals surface area contributed by atoms with Gasteiger partial charge in [0.15, 0.2) is 0 Å². The second-order valence-corrected chi connectivity index (χ2v) is 3.78. The predicted molar refractivity (Wildman–Crippen MR) is 54.5 cm³/mol. The summed E-state index contributed by atoms with van der Waals surface area (Å²) in [5, 5.41) is 9.80. The fraction of sp³-hybridized carbons (Fsp3) is 0.333. The van der Waals surface area contributed by atoms with E-state index in [4.69, 9.17) is 4.74 Å². The molecule has 1 aliphatic heterocycles. The van der Waals surface area contributed by atoms with E-state index in [2.05, 4.69) is 0 Å². The molecule has 2 rings (SSSR count). The van der Waals surface area contributed by atoms with Gasteiger partial charge in [0.05, 0.1) is 12.2 Å². The summed E-state index contributed by atoms with van der Waals surface area (Å²) in [4.78, 5) is 0. The summed E-state index contributed by atoms with van der Waals surface area (Å²) in [5.74, 6) is -3.15. The Morgan fingerprint density at radius 1 is 1.18 bits per heavy atom. The van der Waals surface area contributed by atoms with E-state index >= 15 is 0 Å². The highest BCUT2D eigenvalue weighted by molar-refractivity contribution is 5.28. The highest BCUT2D eigenvalue weighted by Gasteiger charge is 2.24. The van der Waals surface area contributed by atoms with Gasteiger partial charge in [-0.15, -0.1) is 0 Å². The normalized spacial score (nSPS) is 17.3. The number of ether oxygens (including phenoxy) is 1. The van der Waals surface area contributed by atoms with Crippen LogP contribution >= 0.6 is 0 Å². The summed E-state index contributed by atoms with van der Waals surface area (Å²) < 4.78 is 44.6. The number of hydrogen-bond donors (Lipinski definition) is 1. The van der Waals surface area contributed by atoms with E-state index in [9.17, 15) is 18.3 Å². The summed E-state index contributed by atoms with van der Waals surface area (Å²) in [7, 11) is 0. The first-order valence-electron chi connectivity index (χ1n) is 5.25. The van der Waals surface area contributed by atoms with E-state index in [1.54, 1.807) is 6.08 Å². The van der Waals surface area contributed by atoms with Crippen molar-refractivity contribution >= 4 is 0 Å². The molecule has 0 fully saturated rings. The maximum Gasteiger partial charge on any atom is 0.141 e. The Labute approximate surface area is 96.3 Å². The molecule has 0 radical (unpaired) electrons. The van der Waals surface area contributed by atoms with Crippen LogP contribution < -0.4 is 0 Å². The van der Waals surface area contributed by atoms with E-state index in [1.807, 2.05) is 0 Å². The molecule has 0 bridgehead atoms. The van der Waals surface area contributed by atoms with Gasteiger partial charge in [0.2, 0.25) is 0 Å². The fourth-order valence-corrected chi connectivity index (χ4v) is 1.72. The number of hydrogen-bond acceptors (Lipinski definition) is 2. The van der Waals surface area contributed by atoms with Gasteiger partial charge in [-0.3, -0.25) is 0 Å². The van der Waals surface area contributed by atoms with Crippen molar-refractivity contribution in [1.29, 1.82) is 0 Å². The molecule has 1 heterocycles. The first kappa shape index (κ1) is 12.0. The first-order chi connectivity index (χ1) is 8.09. The highest BCUT2D eigenvalue weighted by atomic mass is 19.1. The van der Waals surface area contributed by atoms with Crippen LogP contribution in [0.5, 0.6) is 0 Å². The van der Waals surface area contributed by atoms with Crippen LogP contribution in [0.25, 0.3) is 0 Å². The molecular weight excluding hydrogens is 233 g/mol. The van der Waals surface area contributed by atoms with Crippen molar-refractivity contribution in [2.24, 2.45) is 0 Å². The summed E-state index contributed by atoms with van der Waals surface area (Å²) in [6.07, 6.45) is 1.52. The van der Waals surface area contributed by atoms with Crippen LogP contribution in [0.15, 0.2) is 24.0 Å². The van der Waals surface area contributed by atoms with Crippen molar-refractivity contribution in [1.82, 2.24) is 0 Å². The molecule has 0 spiro atoms. The maximum absolute atomic E-state index is 13.4. The SMILES string of the molecule is OC(C1=CCCCO1)c1c(F)cc(F)cc1F. The van der Waals surface area contributed by atoms with Gasteiger partial charge < -0.3 is 9.84 Å². The smallest absolute Gasteiger partial charge is 0.141 e. The van der Waals surface area contributed by atoms with Crippen LogP contribution in [0.3, 0.4) is 0 Å². The molecule has 1 unspecified atom stereocenters. The molecular formula is C12H11F3O2. The average molecular weight is 244 g/mol. The molecule has 0 aromatic heterocycles. The lowest BCUT2D eigenvalue weighted by atomic mass is 10.0. The van der Waals surface area contributed by atoms with Crippen LogP contribution in [0.2, 0.25) is 0 Å². The van der Waals surface area contributed by atoms with Crippen molar-refractivity contribution in [3.05, 3.63) is 47.0 Å². The summed E-state index contributed by atoms with van der Waals surface area (Å²) in [6, 6.07) is 1.07. The maximum atomic E-state index is 13.4. The van der Waals surface area contributed by atoms with E-state index < -0.39 is 29.1 Å². The van der Waals surface area contributed by atoms with E-state index in [-0.39, 0.29) is 5.76 Å². The van der Waals surface area contributed by atoms with Gasteiger partial charge in [0, 0.05) is 12.1 Å². The lowest BCUT2D eigenvalue weighted by molar-refractivity contribution is 0.0873. The van der Waals surface area contributed by atoms with Crippen LogP contribution in [0, 0.1) is 17.5 Å². The minimum Gasteiger partial charge on any atom is -0.495 e. The van der Waals surface area contributed by atoms with Gasteiger partial charge in [-0.2, -0.15) is 0 Å². The fourth-order valence-electron chi connectivity index (χ4n) is 1.72. The van der Waals surface area contributed by atoms with Gasteiger partial charge in [-0.05, 0) is 18.9 Å². The molecule has 2 nitrogen and oxygen atoms in total. The zero-order valence-corrected chi connectivity index (χ0v) is 8.92. The molecule has 1 aromatic rings. The standard InChI is InChI=1S/C12H11F3O2/c13-7-5-8(14)11(9(15)6-7)12(16)10-3-1-2-4-17-10/h3,5-6,12,16H,1-2,4H2. The Balaban J connectivity index is 2.36. The zero-order valence-electron chi connectivity index (χ0n) is 8.92. The van der Waals surface area contributed by atoms with Gasteiger partial charge in [0.25, 0.3) is 0 Å². The van der Waals surface area contributed by atoms with Gasteiger partial charge in [-0.1, -0.05) is 0 Å². The van der Waals surface area contributed by atoms with Crippen LogP contribution in [0.4, 0.5) is 13.2 Å². The van der Waals surface area contributed by atoms with E-state index in [0.717, 1.165) is 6.42 Å². The molecule has 17 heavy (non-hydrogen) atoms. The summed E-state index contributed by atoms with van der Waals surface area (Å²) in [5.41, 5.74) is -0.584. The summed E-state index contributed by atoms with van der Waals surface area (Å²) in [6.45, 7) is 0.396. The van der Waals surface area contributed by atoms with Crippen molar-refractivity contribution in [2.75, 3.05) is 6.61 Å². The number of benzene rings is 1. The minimum atomic E-state index is -1.53. The van der Waals surface area contributed by atoms with E-state index in [1.165, 1.54) is 0 Å². The van der Waals surface area contributed by atoms with Gasteiger partial charge in [-0.25, -0.2) is 13.2 Å². The van der Waals surface area contributed by atoms with Crippen LogP contribution in [-0.4, -0.2) is 11.7 Å². The molecule has 1 atom stereocenters.